The maximum absolute atomic E-state index is 9.52. The monoisotopic (exact) mass is 317 g/mol. The van der Waals surface area contributed by atoms with Gasteiger partial charge in [0.05, 0.1) is 6.61 Å². The first-order valence-corrected chi connectivity index (χ1v) is 7.48. The van der Waals surface area contributed by atoms with Gasteiger partial charge in [0.15, 0.2) is 0 Å². The molecule has 1 N–H and O–H groups in total. The highest BCUT2D eigenvalue weighted by atomic mass is 32.1. The van der Waals surface area contributed by atoms with Crippen molar-refractivity contribution in [3.8, 4) is 16.4 Å². The first-order valence-electron chi connectivity index (χ1n) is 6.67. The lowest BCUT2D eigenvalue weighted by molar-refractivity contribution is 0.184. The summed E-state index contributed by atoms with van der Waals surface area (Å²) in [5.74, 6) is 0. The summed E-state index contributed by atoms with van der Waals surface area (Å²) in [7, 11) is 1.61. The van der Waals surface area contributed by atoms with Crippen molar-refractivity contribution in [1.29, 1.82) is 0 Å². The van der Waals surface area contributed by atoms with Crippen molar-refractivity contribution in [3.63, 3.8) is 0 Å². The lowest BCUT2D eigenvalue weighted by Gasteiger charge is -2.05. The van der Waals surface area contributed by atoms with E-state index in [1.807, 2.05) is 31.2 Å². The van der Waals surface area contributed by atoms with Gasteiger partial charge in [0, 0.05) is 12.7 Å². The Balaban J connectivity index is 2.08. The highest BCUT2D eigenvalue weighted by Crippen LogP contribution is 2.27. The summed E-state index contributed by atoms with van der Waals surface area (Å²) in [6, 6.07) is 7.95. The number of rotatable bonds is 5. The van der Waals surface area contributed by atoms with Crippen LogP contribution >= 0.6 is 11.3 Å². The van der Waals surface area contributed by atoms with Crippen LogP contribution in [0.1, 0.15) is 16.3 Å². The van der Waals surface area contributed by atoms with Crippen molar-refractivity contribution in [3.05, 3.63) is 40.5 Å². The zero-order valence-electron chi connectivity index (χ0n) is 12.2. The number of aryl methyl sites for hydroxylation is 1. The van der Waals surface area contributed by atoms with Crippen molar-refractivity contribution in [2.45, 2.75) is 20.1 Å². The van der Waals surface area contributed by atoms with Crippen LogP contribution in [0.15, 0.2) is 24.3 Å². The smallest absolute Gasteiger partial charge is 0.234 e. The fourth-order valence-corrected chi connectivity index (χ4v) is 2.83. The Morgan fingerprint density at radius 1 is 1.18 bits per heavy atom. The molecule has 2 aromatic heterocycles. The van der Waals surface area contributed by atoms with Crippen molar-refractivity contribution >= 4 is 11.3 Å². The molecule has 3 rings (SSSR count). The van der Waals surface area contributed by atoms with Crippen LogP contribution in [0.4, 0.5) is 0 Å². The third-order valence-corrected chi connectivity index (χ3v) is 3.99. The van der Waals surface area contributed by atoms with Crippen LogP contribution in [-0.4, -0.2) is 37.4 Å². The van der Waals surface area contributed by atoms with Gasteiger partial charge in [-0.25, -0.2) is 0 Å². The van der Waals surface area contributed by atoms with Gasteiger partial charge >= 0.3 is 0 Å². The molecule has 2 heterocycles. The molecule has 22 heavy (non-hydrogen) atoms. The Kier molecular flexibility index (Phi) is 4.23. The molecule has 0 bridgehead atoms. The van der Waals surface area contributed by atoms with E-state index in [9.17, 15) is 5.11 Å². The standard InChI is InChI=1S/C14H15N5O2S/c1-9-3-5-10(6-4-9)13-11(7-20)15-18-19(13)14-17-16-12(22-14)8-21-2/h3-6,20H,7-8H2,1-2H3. The molecule has 0 radical (unpaired) electrons. The minimum Gasteiger partial charge on any atom is -0.390 e. The highest BCUT2D eigenvalue weighted by molar-refractivity contribution is 7.13. The molecule has 0 spiro atoms. The summed E-state index contributed by atoms with van der Waals surface area (Å²) in [5, 5.41) is 27.2. The SMILES string of the molecule is COCc1nnc(-n2nnc(CO)c2-c2ccc(C)cc2)s1. The van der Waals surface area contributed by atoms with E-state index in [0.29, 0.717) is 17.4 Å². The quantitative estimate of drug-likeness (QED) is 0.771. The largest absolute Gasteiger partial charge is 0.390 e. The summed E-state index contributed by atoms with van der Waals surface area (Å²) in [4.78, 5) is 0. The molecule has 3 aromatic rings. The van der Waals surface area contributed by atoms with Crippen LogP contribution in [0, 0.1) is 6.92 Å². The molecule has 0 fully saturated rings. The highest BCUT2D eigenvalue weighted by Gasteiger charge is 2.18. The average Bonchev–Trinajstić information content (AvgIpc) is 3.14. The van der Waals surface area contributed by atoms with Gasteiger partial charge in [-0.3, -0.25) is 0 Å². The van der Waals surface area contributed by atoms with E-state index in [1.54, 1.807) is 11.8 Å². The molecule has 0 amide bonds. The van der Waals surface area contributed by atoms with E-state index < -0.39 is 0 Å². The second kappa shape index (κ2) is 6.30. The number of nitrogens with zero attached hydrogens (tertiary/aromatic N) is 5. The van der Waals surface area contributed by atoms with Crippen molar-refractivity contribution < 1.29 is 9.84 Å². The number of aliphatic hydroxyl groups excluding tert-OH is 1. The summed E-state index contributed by atoms with van der Waals surface area (Å²) in [5.41, 5.74) is 3.31. The van der Waals surface area contributed by atoms with E-state index in [2.05, 4.69) is 20.5 Å². The average molecular weight is 317 g/mol. The van der Waals surface area contributed by atoms with E-state index in [1.165, 1.54) is 11.3 Å². The van der Waals surface area contributed by atoms with Gasteiger partial charge in [-0.15, -0.1) is 15.3 Å². The minimum absolute atomic E-state index is 0.188. The molecule has 114 valence electrons. The Labute approximate surface area is 131 Å². The predicted octanol–water partition coefficient (Wildman–Crippen LogP) is 1.73. The van der Waals surface area contributed by atoms with Gasteiger partial charge in [0.2, 0.25) is 5.13 Å². The summed E-state index contributed by atoms with van der Waals surface area (Å²) in [6.45, 7) is 2.24. The molecular weight excluding hydrogens is 302 g/mol. The van der Waals surface area contributed by atoms with Crippen LogP contribution in [-0.2, 0) is 18.0 Å². The predicted molar refractivity (Wildman–Crippen MR) is 81.6 cm³/mol. The molecule has 0 unspecified atom stereocenters. The van der Waals surface area contributed by atoms with Gasteiger partial charge < -0.3 is 9.84 Å². The second-order valence-electron chi connectivity index (χ2n) is 4.73. The third kappa shape index (κ3) is 2.76. The maximum atomic E-state index is 9.52. The third-order valence-electron chi connectivity index (χ3n) is 3.12. The van der Waals surface area contributed by atoms with E-state index in [4.69, 9.17) is 4.74 Å². The number of hydrogen-bond donors (Lipinski definition) is 1. The van der Waals surface area contributed by atoms with Crippen LogP contribution in [0.5, 0.6) is 0 Å². The van der Waals surface area contributed by atoms with Gasteiger partial charge in [0.25, 0.3) is 0 Å². The lowest BCUT2D eigenvalue weighted by atomic mass is 10.1. The Hall–Kier alpha value is -2.16. The molecule has 7 nitrogen and oxygen atoms in total. The molecule has 0 saturated carbocycles. The number of hydrogen-bond acceptors (Lipinski definition) is 7. The topological polar surface area (TPSA) is 86.0 Å². The lowest BCUT2D eigenvalue weighted by Crippen LogP contribution is -2.00. The Bertz CT molecular complexity index is 766. The number of benzene rings is 1. The minimum atomic E-state index is -0.188. The number of aromatic nitrogens is 5. The van der Waals surface area contributed by atoms with Gasteiger partial charge in [-0.2, -0.15) is 4.68 Å². The summed E-state index contributed by atoms with van der Waals surface area (Å²) in [6.07, 6.45) is 0. The molecule has 0 saturated heterocycles. The van der Waals surface area contributed by atoms with Crippen LogP contribution < -0.4 is 0 Å². The van der Waals surface area contributed by atoms with Crippen LogP contribution in [0.2, 0.25) is 0 Å². The Morgan fingerprint density at radius 2 is 1.95 bits per heavy atom. The van der Waals surface area contributed by atoms with Crippen LogP contribution in [0.25, 0.3) is 16.4 Å². The molecule has 0 aliphatic heterocycles. The van der Waals surface area contributed by atoms with Gasteiger partial charge in [-0.05, 0) is 6.92 Å². The number of methoxy groups -OCH3 is 1. The van der Waals surface area contributed by atoms with Crippen molar-refractivity contribution in [1.82, 2.24) is 25.2 Å². The Morgan fingerprint density at radius 3 is 2.64 bits per heavy atom. The zero-order valence-corrected chi connectivity index (χ0v) is 13.0. The molecular formula is C14H15N5O2S. The fourth-order valence-electron chi connectivity index (χ4n) is 2.07. The molecule has 8 heteroatoms. The van der Waals surface area contributed by atoms with Gasteiger partial charge in [0.1, 0.15) is 23.0 Å². The van der Waals surface area contributed by atoms with Crippen LogP contribution in [0.3, 0.4) is 0 Å². The molecule has 0 aliphatic carbocycles. The van der Waals surface area contributed by atoms with Crippen molar-refractivity contribution in [2.24, 2.45) is 0 Å². The fraction of sp³-hybridized carbons (Fsp3) is 0.286. The van der Waals surface area contributed by atoms with E-state index >= 15 is 0 Å². The molecule has 0 aliphatic rings. The molecule has 1 aromatic carbocycles. The summed E-state index contributed by atoms with van der Waals surface area (Å²) < 4.78 is 6.66. The first kappa shape index (κ1) is 14.8. The number of aliphatic hydroxyl groups is 1. The van der Waals surface area contributed by atoms with Crippen molar-refractivity contribution in [2.75, 3.05) is 7.11 Å². The number of ether oxygens (including phenoxy) is 1. The molecule has 0 atom stereocenters. The zero-order chi connectivity index (χ0) is 15.5. The maximum Gasteiger partial charge on any atom is 0.234 e. The van der Waals surface area contributed by atoms with Gasteiger partial charge in [-0.1, -0.05) is 46.4 Å². The second-order valence-corrected chi connectivity index (χ2v) is 5.77. The summed E-state index contributed by atoms with van der Waals surface area (Å²) >= 11 is 1.38. The first-order chi connectivity index (χ1) is 10.7. The van der Waals surface area contributed by atoms with E-state index in [0.717, 1.165) is 21.8 Å². The normalized spacial score (nSPS) is 11.0. The van der Waals surface area contributed by atoms with E-state index in [-0.39, 0.29) is 6.61 Å².